The fraction of sp³-hybridized carbons (Fsp3) is 0.714. The molecule has 1 atom stereocenters. The first-order valence-electron chi connectivity index (χ1n) is 6.80. The maximum absolute atomic E-state index is 11.6. The first-order valence-corrected chi connectivity index (χ1v) is 6.80. The molecular formula is C14H23NO4. The summed E-state index contributed by atoms with van der Waals surface area (Å²) in [6.07, 6.45) is 4.75. The molecule has 1 saturated heterocycles. The molecule has 0 bridgehead atoms. The van der Waals surface area contributed by atoms with E-state index in [1.165, 1.54) is 0 Å². The predicted molar refractivity (Wildman–Crippen MR) is 71.9 cm³/mol. The Morgan fingerprint density at radius 1 is 1.47 bits per heavy atom. The molecule has 0 aliphatic carbocycles. The van der Waals surface area contributed by atoms with Crippen molar-refractivity contribution in [3.63, 3.8) is 0 Å². The normalized spacial score (nSPS) is 17.8. The SMILES string of the molecule is C=CCOC(=O)N1CCC(CCC(C)C(=O)O)CC1. The lowest BCUT2D eigenvalue weighted by Crippen LogP contribution is -2.39. The number of hydrogen-bond donors (Lipinski definition) is 1. The highest BCUT2D eigenvalue weighted by molar-refractivity contribution is 5.69. The van der Waals surface area contributed by atoms with Gasteiger partial charge in [0.1, 0.15) is 6.61 Å². The van der Waals surface area contributed by atoms with Crippen molar-refractivity contribution in [2.24, 2.45) is 11.8 Å². The first kappa shape index (κ1) is 15.5. The van der Waals surface area contributed by atoms with Crippen molar-refractivity contribution in [2.75, 3.05) is 19.7 Å². The number of carbonyl (C=O) groups is 2. The second kappa shape index (κ2) is 7.81. The summed E-state index contributed by atoms with van der Waals surface area (Å²) in [7, 11) is 0. The smallest absolute Gasteiger partial charge is 0.410 e. The van der Waals surface area contributed by atoms with E-state index >= 15 is 0 Å². The molecule has 0 aromatic carbocycles. The fourth-order valence-corrected chi connectivity index (χ4v) is 2.23. The van der Waals surface area contributed by atoms with Crippen LogP contribution in [0.2, 0.25) is 0 Å². The van der Waals surface area contributed by atoms with Crippen LogP contribution in [0.5, 0.6) is 0 Å². The molecule has 1 fully saturated rings. The maximum atomic E-state index is 11.6. The van der Waals surface area contributed by atoms with Crippen LogP contribution in [0.3, 0.4) is 0 Å². The average Bonchev–Trinajstić information content (AvgIpc) is 2.42. The zero-order valence-corrected chi connectivity index (χ0v) is 11.5. The summed E-state index contributed by atoms with van der Waals surface area (Å²) in [4.78, 5) is 24.0. The van der Waals surface area contributed by atoms with Gasteiger partial charge in [0.15, 0.2) is 0 Å². The molecule has 0 saturated carbocycles. The van der Waals surface area contributed by atoms with Crippen molar-refractivity contribution in [3.8, 4) is 0 Å². The number of hydrogen-bond acceptors (Lipinski definition) is 3. The Morgan fingerprint density at radius 2 is 2.11 bits per heavy atom. The number of amides is 1. The van der Waals surface area contributed by atoms with Gasteiger partial charge >= 0.3 is 12.1 Å². The van der Waals surface area contributed by atoms with Crippen molar-refractivity contribution in [3.05, 3.63) is 12.7 Å². The monoisotopic (exact) mass is 269 g/mol. The molecule has 1 aliphatic rings. The van der Waals surface area contributed by atoms with Gasteiger partial charge in [-0.3, -0.25) is 4.79 Å². The van der Waals surface area contributed by atoms with Crippen LogP contribution in [0.4, 0.5) is 4.79 Å². The van der Waals surface area contributed by atoms with E-state index in [-0.39, 0.29) is 18.6 Å². The van der Waals surface area contributed by atoms with Crippen molar-refractivity contribution in [1.82, 2.24) is 4.90 Å². The Balaban J connectivity index is 2.23. The van der Waals surface area contributed by atoms with E-state index in [0.717, 1.165) is 19.3 Å². The van der Waals surface area contributed by atoms with Crippen LogP contribution in [0, 0.1) is 11.8 Å². The number of likely N-dealkylation sites (tertiary alicyclic amines) is 1. The second-order valence-electron chi connectivity index (χ2n) is 5.11. The maximum Gasteiger partial charge on any atom is 0.410 e. The van der Waals surface area contributed by atoms with Gasteiger partial charge in [-0.15, -0.1) is 0 Å². The van der Waals surface area contributed by atoms with Crippen LogP contribution >= 0.6 is 0 Å². The van der Waals surface area contributed by atoms with Gasteiger partial charge in [0, 0.05) is 13.1 Å². The second-order valence-corrected chi connectivity index (χ2v) is 5.11. The number of piperidine rings is 1. The quantitative estimate of drug-likeness (QED) is 0.752. The number of carboxylic acid groups (broad SMARTS) is 1. The van der Waals surface area contributed by atoms with Gasteiger partial charge in [-0.05, 0) is 31.6 Å². The number of ether oxygens (including phenoxy) is 1. The molecule has 0 aromatic rings. The molecule has 1 N–H and O–H groups in total. The topological polar surface area (TPSA) is 66.8 Å². The van der Waals surface area contributed by atoms with E-state index in [9.17, 15) is 9.59 Å². The Labute approximate surface area is 114 Å². The highest BCUT2D eigenvalue weighted by Gasteiger charge is 2.24. The molecular weight excluding hydrogens is 246 g/mol. The molecule has 108 valence electrons. The lowest BCUT2D eigenvalue weighted by Gasteiger charge is -2.31. The minimum absolute atomic E-state index is 0.245. The van der Waals surface area contributed by atoms with Gasteiger partial charge < -0.3 is 14.7 Å². The van der Waals surface area contributed by atoms with E-state index in [2.05, 4.69) is 6.58 Å². The zero-order chi connectivity index (χ0) is 14.3. The largest absolute Gasteiger partial charge is 0.481 e. The highest BCUT2D eigenvalue weighted by Crippen LogP contribution is 2.24. The standard InChI is InChI=1S/C14H23NO4/c1-3-10-19-14(18)15-8-6-12(7-9-15)5-4-11(2)13(16)17/h3,11-12H,1,4-10H2,2H3,(H,16,17). The third-order valence-corrected chi connectivity index (χ3v) is 3.63. The lowest BCUT2D eigenvalue weighted by atomic mass is 9.89. The Kier molecular flexibility index (Phi) is 6.39. The van der Waals surface area contributed by atoms with Crippen LogP contribution in [0.25, 0.3) is 0 Å². The summed E-state index contributed by atoms with van der Waals surface area (Å²) in [5, 5.41) is 8.83. The van der Waals surface area contributed by atoms with Gasteiger partial charge in [-0.1, -0.05) is 19.6 Å². The van der Waals surface area contributed by atoms with Gasteiger partial charge in [0.25, 0.3) is 0 Å². The van der Waals surface area contributed by atoms with Gasteiger partial charge in [-0.25, -0.2) is 4.79 Å². The van der Waals surface area contributed by atoms with Crippen molar-refractivity contribution in [1.29, 1.82) is 0 Å². The zero-order valence-electron chi connectivity index (χ0n) is 11.5. The average molecular weight is 269 g/mol. The van der Waals surface area contributed by atoms with Gasteiger partial charge in [-0.2, -0.15) is 0 Å². The van der Waals surface area contributed by atoms with Gasteiger partial charge in [0.05, 0.1) is 5.92 Å². The summed E-state index contributed by atoms with van der Waals surface area (Å²) in [5.74, 6) is -0.494. The van der Waals surface area contributed by atoms with Crippen molar-refractivity contribution >= 4 is 12.1 Å². The number of aliphatic carboxylic acids is 1. The van der Waals surface area contributed by atoms with E-state index in [4.69, 9.17) is 9.84 Å². The molecule has 5 nitrogen and oxygen atoms in total. The lowest BCUT2D eigenvalue weighted by molar-refractivity contribution is -0.141. The van der Waals surface area contributed by atoms with Crippen LogP contribution in [0.1, 0.15) is 32.6 Å². The number of rotatable bonds is 6. The van der Waals surface area contributed by atoms with E-state index in [1.807, 2.05) is 0 Å². The van der Waals surface area contributed by atoms with Gasteiger partial charge in [0.2, 0.25) is 0 Å². The van der Waals surface area contributed by atoms with E-state index < -0.39 is 5.97 Å². The molecule has 1 unspecified atom stereocenters. The summed E-state index contributed by atoms with van der Waals surface area (Å²) >= 11 is 0. The van der Waals surface area contributed by atoms with E-state index in [0.29, 0.717) is 25.4 Å². The third kappa shape index (κ3) is 5.32. The summed E-state index contributed by atoms with van der Waals surface area (Å²) in [6, 6.07) is 0. The predicted octanol–water partition coefficient (Wildman–Crippen LogP) is 2.52. The van der Waals surface area contributed by atoms with Crippen LogP contribution < -0.4 is 0 Å². The molecule has 0 aromatic heterocycles. The van der Waals surface area contributed by atoms with Crippen LogP contribution in [-0.2, 0) is 9.53 Å². The number of nitrogens with zero attached hydrogens (tertiary/aromatic N) is 1. The Morgan fingerprint density at radius 3 is 2.63 bits per heavy atom. The minimum Gasteiger partial charge on any atom is -0.481 e. The molecule has 0 radical (unpaired) electrons. The number of carboxylic acids is 1. The molecule has 19 heavy (non-hydrogen) atoms. The highest BCUT2D eigenvalue weighted by atomic mass is 16.6. The fourth-order valence-electron chi connectivity index (χ4n) is 2.23. The summed E-state index contributed by atoms with van der Waals surface area (Å²) < 4.78 is 4.99. The first-order chi connectivity index (χ1) is 9.04. The number of carbonyl (C=O) groups excluding carboxylic acids is 1. The molecule has 1 aliphatic heterocycles. The van der Waals surface area contributed by atoms with E-state index in [1.54, 1.807) is 17.9 Å². The summed E-state index contributed by atoms with van der Waals surface area (Å²) in [5.41, 5.74) is 0. The minimum atomic E-state index is -0.731. The Hall–Kier alpha value is -1.52. The third-order valence-electron chi connectivity index (χ3n) is 3.63. The van der Waals surface area contributed by atoms with Crippen molar-refractivity contribution in [2.45, 2.75) is 32.6 Å². The molecule has 5 heteroatoms. The summed E-state index contributed by atoms with van der Waals surface area (Å²) in [6.45, 7) is 6.88. The van der Waals surface area contributed by atoms with Crippen LogP contribution in [-0.4, -0.2) is 41.8 Å². The van der Waals surface area contributed by atoms with Crippen LogP contribution in [0.15, 0.2) is 12.7 Å². The van der Waals surface area contributed by atoms with Crippen molar-refractivity contribution < 1.29 is 19.4 Å². The Bertz CT molecular complexity index is 321. The molecule has 1 heterocycles. The molecule has 0 spiro atoms. The molecule has 1 rings (SSSR count). The molecule has 1 amide bonds.